The molecule has 0 spiro atoms. The zero-order valence-electron chi connectivity index (χ0n) is 26.9. The number of methoxy groups -OCH3 is 2. The predicted molar refractivity (Wildman–Crippen MR) is 175 cm³/mol. The van der Waals surface area contributed by atoms with Crippen LogP contribution in [0.15, 0.2) is 66.7 Å². The molecule has 47 heavy (non-hydrogen) atoms. The molecule has 2 heterocycles. The van der Waals surface area contributed by atoms with E-state index in [9.17, 15) is 20.4 Å². The number of benzene rings is 3. The molecule has 3 aromatic rings. The van der Waals surface area contributed by atoms with E-state index in [1.54, 1.807) is 25.1 Å². The maximum Gasteiger partial charge on any atom is 0.230 e. The molecule has 0 aromatic heterocycles. The van der Waals surface area contributed by atoms with Crippen LogP contribution < -0.4 is 19.5 Å². The molecule has 9 unspecified atom stereocenters. The molecule has 2 fully saturated rings. The monoisotopic (exact) mass is 673 g/mol. The van der Waals surface area contributed by atoms with Crippen molar-refractivity contribution < 1.29 is 48.8 Å². The topological polar surface area (TPSA) is 148 Å². The first kappa shape index (κ1) is 35.3. The summed E-state index contributed by atoms with van der Waals surface area (Å²) in [5.74, 6) is 0.872. The summed E-state index contributed by atoms with van der Waals surface area (Å²) in [6.07, 6.45) is -8.42. The highest BCUT2D eigenvalue weighted by atomic mass is 35.5. The summed E-state index contributed by atoms with van der Waals surface area (Å²) in [4.78, 5) is 0. The highest BCUT2D eigenvalue weighted by molar-refractivity contribution is 6.30. The van der Waals surface area contributed by atoms with Crippen LogP contribution in [0.2, 0.25) is 5.02 Å². The second kappa shape index (κ2) is 15.5. The molecule has 256 valence electrons. The van der Waals surface area contributed by atoms with Crippen LogP contribution in [0, 0.1) is 0 Å². The molecule has 0 amide bonds. The van der Waals surface area contributed by atoms with Gasteiger partial charge in [-0.05, 0) is 61.2 Å². The quantitative estimate of drug-likeness (QED) is 0.203. The Bertz CT molecular complexity index is 1420. The minimum atomic E-state index is -1.52. The van der Waals surface area contributed by atoms with Gasteiger partial charge in [-0.15, -0.1) is 0 Å². The largest absolute Gasteiger partial charge is 0.493 e. The molecule has 5 N–H and O–H groups in total. The normalized spacial score (nSPS) is 31.2. The summed E-state index contributed by atoms with van der Waals surface area (Å²) in [5.41, 5.74) is 2.52. The third kappa shape index (κ3) is 8.37. The van der Waals surface area contributed by atoms with Gasteiger partial charge < -0.3 is 54.2 Å². The minimum Gasteiger partial charge on any atom is -0.493 e. The summed E-state index contributed by atoms with van der Waals surface area (Å²) >= 11 is 6.04. The lowest BCUT2D eigenvalue weighted by Crippen LogP contribution is -2.62. The van der Waals surface area contributed by atoms with Crippen LogP contribution in [0.1, 0.15) is 32.3 Å². The standard InChI is InChI=1S/C35H44ClNO10/c1-20-25(39)16-35(2,37-18-21-8-10-22(11-9-21)23-12-14-24(36)15-13-23)17-29(44-20)46-33-31(41)30(40)28(19-38)45-34(33)47-32-26(42-3)6-5-7-27(32)43-4/h5-15,20,25,28-31,33-34,37-41H,16-19H2,1-4H3. The van der Waals surface area contributed by atoms with E-state index in [1.165, 1.54) is 14.2 Å². The van der Waals surface area contributed by atoms with E-state index in [-0.39, 0.29) is 12.2 Å². The van der Waals surface area contributed by atoms with Crippen LogP contribution in [0.25, 0.3) is 11.1 Å². The summed E-state index contributed by atoms with van der Waals surface area (Å²) in [6.45, 7) is 3.67. The summed E-state index contributed by atoms with van der Waals surface area (Å²) in [6, 6.07) is 20.9. The Morgan fingerprint density at radius 1 is 0.872 bits per heavy atom. The first-order chi connectivity index (χ1) is 22.5. The highest BCUT2D eigenvalue weighted by Gasteiger charge is 2.49. The van der Waals surface area contributed by atoms with Crippen LogP contribution in [0.3, 0.4) is 0 Å². The number of para-hydroxylation sites is 1. The first-order valence-electron chi connectivity index (χ1n) is 15.6. The smallest absolute Gasteiger partial charge is 0.230 e. The van der Waals surface area contributed by atoms with Gasteiger partial charge in [-0.1, -0.05) is 54.1 Å². The van der Waals surface area contributed by atoms with Gasteiger partial charge in [0.2, 0.25) is 12.0 Å². The lowest BCUT2D eigenvalue weighted by molar-refractivity contribution is -0.322. The number of ether oxygens (including phenoxy) is 6. The summed E-state index contributed by atoms with van der Waals surface area (Å²) < 4.78 is 35.5. The van der Waals surface area contributed by atoms with Gasteiger partial charge in [0, 0.05) is 23.5 Å². The van der Waals surface area contributed by atoms with Crippen molar-refractivity contribution in [1.29, 1.82) is 0 Å². The Morgan fingerprint density at radius 2 is 1.49 bits per heavy atom. The van der Waals surface area contributed by atoms with Crippen molar-refractivity contribution in [3.05, 3.63) is 77.3 Å². The van der Waals surface area contributed by atoms with Gasteiger partial charge in [0.15, 0.2) is 23.9 Å². The molecule has 2 aliphatic heterocycles. The van der Waals surface area contributed by atoms with Crippen LogP contribution >= 0.6 is 11.6 Å². The van der Waals surface area contributed by atoms with Gasteiger partial charge in [-0.2, -0.15) is 0 Å². The molecular weight excluding hydrogens is 630 g/mol. The second-order valence-electron chi connectivity index (χ2n) is 12.3. The molecule has 9 atom stereocenters. The van der Waals surface area contributed by atoms with E-state index in [0.717, 1.165) is 16.7 Å². The average Bonchev–Trinajstić information content (AvgIpc) is 3.18. The third-order valence-electron chi connectivity index (χ3n) is 8.79. The van der Waals surface area contributed by atoms with Gasteiger partial charge in [0.25, 0.3) is 0 Å². The number of rotatable bonds is 11. The van der Waals surface area contributed by atoms with Crippen molar-refractivity contribution in [2.45, 2.75) is 88.0 Å². The molecule has 0 radical (unpaired) electrons. The number of nitrogens with one attached hydrogen (secondary N) is 1. The molecule has 2 saturated heterocycles. The van der Waals surface area contributed by atoms with Crippen molar-refractivity contribution in [1.82, 2.24) is 5.32 Å². The predicted octanol–water partition coefficient (Wildman–Crippen LogP) is 3.66. The second-order valence-corrected chi connectivity index (χ2v) is 12.7. The molecule has 11 nitrogen and oxygen atoms in total. The minimum absolute atomic E-state index is 0.190. The maximum atomic E-state index is 11.2. The van der Waals surface area contributed by atoms with E-state index >= 15 is 0 Å². The Balaban J connectivity index is 1.33. The molecular formula is C35H44ClNO10. The van der Waals surface area contributed by atoms with Crippen molar-refractivity contribution in [2.24, 2.45) is 0 Å². The lowest BCUT2D eigenvalue weighted by atomic mass is 9.89. The van der Waals surface area contributed by atoms with E-state index < -0.39 is 61.3 Å². The fourth-order valence-electron chi connectivity index (χ4n) is 5.98. The van der Waals surface area contributed by atoms with Gasteiger partial charge in [-0.3, -0.25) is 0 Å². The molecule has 12 heteroatoms. The highest BCUT2D eigenvalue weighted by Crippen LogP contribution is 2.40. The number of aliphatic hydroxyl groups excluding tert-OH is 4. The summed E-state index contributed by atoms with van der Waals surface area (Å²) in [7, 11) is 2.95. The molecule has 3 aromatic carbocycles. The number of halogens is 1. The molecule has 0 aliphatic carbocycles. The molecule has 0 saturated carbocycles. The van der Waals surface area contributed by atoms with Crippen molar-refractivity contribution >= 4 is 11.6 Å². The fraction of sp³-hybridized carbons (Fsp3) is 0.486. The van der Waals surface area contributed by atoms with Crippen LogP contribution in [0.4, 0.5) is 0 Å². The Labute approximate surface area is 279 Å². The lowest BCUT2D eigenvalue weighted by Gasteiger charge is -2.43. The average molecular weight is 674 g/mol. The Morgan fingerprint density at radius 3 is 2.09 bits per heavy atom. The van der Waals surface area contributed by atoms with Crippen LogP contribution in [-0.4, -0.2) is 96.0 Å². The van der Waals surface area contributed by atoms with Crippen molar-refractivity contribution in [2.75, 3.05) is 20.8 Å². The molecule has 2 aliphatic rings. The van der Waals surface area contributed by atoms with E-state index in [2.05, 4.69) is 5.32 Å². The SMILES string of the molecule is COc1cccc(OC)c1OC1OC(CO)C(O)C(O)C1OC1CC(C)(NCc2ccc(-c3ccc(Cl)cc3)cc2)CC(O)C(C)O1. The van der Waals surface area contributed by atoms with Crippen LogP contribution in [0.5, 0.6) is 17.2 Å². The van der Waals surface area contributed by atoms with Crippen LogP contribution in [-0.2, 0) is 20.8 Å². The maximum absolute atomic E-state index is 11.2. The first-order valence-corrected chi connectivity index (χ1v) is 16.0. The van der Waals surface area contributed by atoms with Gasteiger partial charge in [0.1, 0.15) is 18.3 Å². The fourth-order valence-corrected chi connectivity index (χ4v) is 6.10. The Hall–Kier alpha value is -2.97. The van der Waals surface area contributed by atoms with Gasteiger partial charge >= 0.3 is 0 Å². The van der Waals surface area contributed by atoms with E-state index in [1.807, 2.05) is 55.5 Å². The Kier molecular flexibility index (Phi) is 11.7. The van der Waals surface area contributed by atoms with Crippen molar-refractivity contribution in [3.63, 3.8) is 0 Å². The van der Waals surface area contributed by atoms with Crippen molar-refractivity contribution in [3.8, 4) is 28.4 Å². The number of hydrogen-bond acceptors (Lipinski definition) is 11. The number of hydrogen-bond donors (Lipinski definition) is 5. The van der Waals surface area contributed by atoms with Gasteiger partial charge in [0.05, 0.1) is 33.0 Å². The molecule has 0 bridgehead atoms. The zero-order valence-corrected chi connectivity index (χ0v) is 27.7. The summed E-state index contributed by atoms with van der Waals surface area (Å²) in [5, 5.41) is 47.1. The van der Waals surface area contributed by atoms with E-state index in [0.29, 0.717) is 29.5 Å². The molecule has 5 rings (SSSR count). The van der Waals surface area contributed by atoms with E-state index in [4.69, 9.17) is 40.0 Å². The zero-order chi connectivity index (χ0) is 33.7. The number of aliphatic hydroxyl groups is 4. The van der Waals surface area contributed by atoms with Gasteiger partial charge in [-0.25, -0.2) is 0 Å². The third-order valence-corrected chi connectivity index (χ3v) is 9.04.